The average Bonchev–Trinajstić information content (AvgIpc) is 2.25. The molecule has 1 N–H and O–H groups in total. The smallest absolute Gasteiger partial charge is 0.323 e. The van der Waals surface area contributed by atoms with Gasteiger partial charge in [-0.1, -0.05) is 37.6 Å². The fraction of sp³-hybridized carbons (Fsp3) is 0.385. The Bertz CT molecular complexity index is 446. The van der Waals surface area contributed by atoms with Crippen LogP contribution >= 0.6 is 11.6 Å². The number of halogens is 1. The van der Waals surface area contributed by atoms with Crippen molar-refractivity contribution in [1.82, 2.24) is 0 Å². The lowest BCUT2D eigenvalue weighted by atomic mass is 10.1. The summed E-state index contributed by atoms with van der Waals surface area (Å²) < 4.78 is 0. The average molecular weight is 270 g/mol. The van der Waals surface area contributed by atoms with Crippen LogP contribution in [0.4, 0.5) is 5.69 Å². The van der Waals surface area contributed by atoms with Gasteiger partial charge in [-0.25, -0.2) is 0 Å². The number of para-hydroxylation sites is 1. The molecule has 0 saturated heterocycles. The maximum atomic E-state index is 12.0. The highest BCUT2D eigenvalue weighted by atomic mass is 35.5. The van der Waals surface area contributed by atoms with Crippen LogP contribution in [0.25, 0.3) is 0 Å². The summed E-state index contributed by atoms with van der Waals surface area (Å²) in [6.45, 7) is 3.43. The molecule has 0 bridgehead atoms. The van der Waals surface area contributed by atoms with Gasteiger partial charge in [0.2, 0.25) is 5.91 Å². The molecular weight excluding hydrogens is 254 g/mol. The summed E-state index contributed by atoms with van der Waals surface area (Å²) in [5.74, 6) is -1.14. The lowest BCUT2D eigenvalue weighted by molar-refractivity contribution is -0.136. The Morgan fingerprint density at radius 1 is 1.33 bits per heavy atom. The number of amides is 1. The zero-order valence-electron chi connectivity index (χ0n) is 10.4. The molecule has 0 aliphatic heterocycles. The number of anilines is 1. The van der Waals surface area contributed by atoms with E-state index < -0.39 is 5.97 Å². The highest BCUT2D eigenvalue weighted by molar-refractivity contribution is 6.33. The Balaban J connectivity index is 3.02. The molecule has 98 valence electrons. The number of carboxylic acid groups (broad SMARTS) is 1. The standard InChI is InChI=1S/C13H16ClNO3/c1-9(2)7-12(16)15(8-13(17)18)11-6-4-3-5-10(11)14/h3-6,9H,7-8H2,1-2H3,(H,17,18). The van der Waals surface area contributed by atoms with E-state index in [1.165, 1.54) is 4.90 Å². The van der Waals surface area contributed by atoms with E-state index in [9.17, 15) is 9.59 Å². The van der Waals surface area contributed by atoms with Crippen LogP contribution in [0.2, 0.25) is 5.02 Å². The largest absolute Gasteiger partial charge is 0.480 e. The third-order valence-electron chi connectivity index (χ3n) is 2.32. The van der Waals surface area contributed by atoms with Crippen molar-refractivity contribution in [3.05, 3.63) is 29.3 Å². The molecule has 0 saturated carbocycles. The number of aliphatic carboxylic acids is 1. The quantitative estimate of drug-likeness (QED) is 0.894. The van der Waals surface area contributed by atoms with Crippen molar-refractivity contribution in [3.8, 4) is 0 Å². The van der Waals surface area contributed by atoms with Crippen molar-refractivity contribution < 1.29 is 14.7 Å². The number of nitrogens with zero attached hydrogens (tertiary/aromatic N) is 1. The minimum Gasteiger partial charge on any atom is -0.480 e. The van der Waals surface area contributed by atoms with Crippen LogP contribution < -0.4 is 4.90 Å². The zero-order valence-corrected chi connectivity index (χ0v) is 11.1. The van der Waals surface area contributed by atoms with Gasteiger partial charge in [0.05, 0.1) is 10.7 Å². The van der Waals surface area contributed by atoms with Gasteiger partial charge < -0.3 is 5.11 Å². The van der Waals surface area contributed by atoms with E-state index >= 15 is 0 Å². The molecule has 1 amide bonds. The molecule has 0 radical (unpaired) electrons. The van der Waals surface area contributed by atoms with Crippen molar-refractivity contribution in [2.24, 2.45) is 5.92 Å². The van der Waals surface area contributed by atoms with Crippen molar-refractivity contribution in [1.29, 1.82) is 0 Å². The highest BCUT2D eigenvalue weighted by Gasteiger charge is 2.21. The SMILES string of the molecule is CC(C)CC(=O)N(CC(=O)O)c1ccccc1Cl. The maximum absolute atomic E-state index is 12.0. The first-order valence-electron chi connectivity index (χ1n) is 5.68. The van der Waals surface area contributed by atoms with Gasteiger partial charge in [0, 0.05) is 6.42 Å². The van der Waals surface area contributed by atoms with Gasteiger partial charge in [-0.15, -0.1) is 0 Å². The second-order valence-electron chi connectivity index (χ2n) is 4.42. The normalized spacial score (nSPS) is 10.4. The van der Waals surface area contributed by atoms with Gasteiger partial charge in [-0.05, 0) is 18.1 Å². The number of carbonyl (C=O) groups excluding carboxylic acids is 1. The van der Waals surface area contributed by atoms with Gasteiger partial charge in [0.15, 0.2) is 0 Å². The number of carbonyl (C=O) groups is 2. The predicted octanol–water partition coefficient (Wildman–Crippen LogP) is 2.80. The van der Waals surface area contributed by atoms with Gasteiger partial charge in [0.25, 0.3) is 0 Å². The van der Waals surface area contributed by atoms with Crippen molar-refractivity contribution in [3.63, 3.8) is 0 Å². The summed E-state index contributed by atoms with van der Waals surface area (Å²) in [5.41, 5.74) is 0.437. The first-order valence-corrected chi connectivity index (χ1v) is 6.06. The first kappa shape index (κ1) is 14.5. The van der Waals surface area contributed by atoms with Crippen LogP contribution in [0, 0.1) is 5.92 Å². The molecule has 0 aliphatic carbocycles. The predicted molar refractivity (Wildman–Crippen MR) is 70.9 cm³/mol. The van der Waals surface area contributed by atoms with E-state index in [1.807, 2.05) is 13.8 Å². The molecule has 0 atom stereocenters. The van der Waals surface area contributed by atoms with Crippen molar-refractivity contribution >= 4 is 29.2 Å². The van der Waals surface area contributed by atoms with Crippen LogP contribution in [-0.2, 0) is 9.59 Å². The van der Waals surface area contributed by atoms with E-state index in [2.05, 4.69) is 0 Å². The van der Waals surface area contributed by atoms with Crippen LogP contribution in [-0.4, -0.2) is 23.5 Å². The molecule has 1 aromatic rings. The number of hydrogen-bond donors (Lipinski definition) is 1. The molecule has 0 unspecified atom stereocenters. The molecule has 0 fully saturated rings. The minimum absolute atomic E-state index is 0.163. The fourth-order valence-corrected chi connectivity index (χ4v) is 1.81. The molecule has 1 aromatic carbocycles. The molecule has 0 heterocycles. The lowest BCUT2D eigenvalue weighted by Gasteiger charge is -2.22. The van der Waals surface area contributed by atoms with Crippen LogP contribution in [0.15, 0.2) is 24.3 Å². The fourth-order valence-electron chi connectivity index (χ4n) is 1.57. The van der Waals surface area contributed by atoms with Gasteiger partial charge in [-0.2, -0.15) is 0 Å². The Morgan fingerprint density at radius 3 is 2.44 bits per heavy atom. The summed E-state index contributed by atoms with van der Waals surface area (Å²) in [6, 6.07) is 6.73. The van der Waals surface area contributed by atoms with Gasteiger partial charge in [0.1, 0.15) is 6.54 Å². The first-order chi connectivity index (χ1) is 8.41. The van der Waals surface area contributed by atoms with E-state index in [-0.39, 0.29) is 18.4 Å². The molecule has 1 rings (SSSR count). The summed E-state index contributed by atoms with van der Waals surface area (Å²) in [4.78, 5) is 24.1. The molecule has 5 heteroatoms. The van der Waals surface area contributed by atoms with E-state index in [4.69, 9.17) is 16.7 Å². The third-order valence-corrected chi connectivity index (χ3v) is 2.64. The van der Waals surface area contributed by atoms with E-state index in [0.29, 0.717) is 17.1 Å². The second-order valence-corrected chi connectivity index (χ2v) is 4.83. The molecule has 0 aliphatic rings. The molecule has 4 nitrogen and oxygen atoms in total. The molecular formula is C13H16ClNO3. The number of benzene rings is 1. The maximum Gasteiger partial charge on any atom is 0.323 e. The van der Waals surface area contributed by atoms with E-state index in [0.717, 1.165) is 0 Å². The molecule has 18 heavy (non-hydrogen) atoms. The lowest BCUT2D eigenvalue weighted by Crippen LogP contribution is -2.36. The van der Waals surface area contributed by atoms with Crippen LogP contribution in [0.1, 0.15) is 20.3 Å². The number of hydrogen-bond acceptors (Lipinski definition) is 2. The zero-order chi connectivity index (χ0) is 13.7. The second kappa shape index (κ2) is 6.40. The Labute approximate surface area is 111 Å². The summed E-state index contributed by atoms with van der Waals surface area (Å²) in [7, 11) is 0. The van der Waals surface area contributed by atoms with Crippen molar-refractivity contribution in [2.45, 2.75) is 20.3 Å². The summed E-state index contributed by atoms with van der Waals surface area (Å²) >= 11 is 6.00. The van der Waals surface area contributed by atoms with Crippen LogP contribution in [0.5, 0.6) is 0 Å². The molecule has 0 spiro atoms. The monoisotopic (exact) mass is 269 g/mol. The Kier molecular flexibility index (Phi) is 5.16. The van der Waals surface area contributed by atoms with Crippen molar-refractivity contribution in [2.75, 3.05) is 11.4 Å². The number of rotatable bonds is 5. The van der Waals surface area contributed by atoms with E-state index in [1.54, 1.807) is 24.3 Å². The number of carboxylic acids is 1. The Hall–Kier alpha value is -1.55. The molecule has 0 aromatic heterocycles. The van der Waals surface area contributed by atoms with Gasteiger partial charge in [-0.3, -0.25) is 14.5 Å². The highest BCUT2D eigenvalue weighted by Crippen LogP contribution is 2.26. The third kappa shape index (κ3) is 4.04. The topological polar surface area (TPSA) is 57.6 Å². The Morgan fingerprint density at radius 2 is 1.94 bits per heavy atom. The summed E-state index contributed by atoms with van der Waals surface area (Å²) in [5, 5.41) is 9.25. The summed E-state index contributed by atoms with van der Waals surface area (Å²) in [6.07, 6.45) is 0.290. The van der Waals surface area contributed by atoms with Gasteiger partial charge >= 0.3 is 5.97 Å². The minimum atomic E-state index is -1.06. The van der Waals surface area contributed by atoms with Crippen LogP contribution in [0.3, 0.4) is 0 Å².